The number of hydrogen-bond donors (Lipinski definition) is 0. The highest BCUT2D eigenvalue weighted by Gasteiger charge is 2.40. The Morgan fingerprint density at radius 1 is 0.868 bits per heavy atom. The van der Waals surface area contributed by atoms with Crippen LogP contribution >= 0.6 is 0 Å². The number of methoxy groups -OCH3 is 3. The summed E-state index contributed by atoms with van der Waals surface area (Å²) in [6.45, 7) is 0.317. The minimum absolute atomic E-state index is 0.112. The van der Waals surface area contributed by atoms with E-state index < -0.39 is 0 Å². The van der Waals surface area contributed by atoms with E-state index in [-0.39, 0.29) is 29.9 Å². The Morgan fingerprint density at radius 3 is 2.47 bits per heavy atom. The Bertz CT molecular complexity index is 1550. The maximum atomic E-state index is 13.4. The third-order valence-corrected chi connectivity index (χ3v) is 6.90. The third kappa shape index (κ3) is 3.76. The second-order valence-corrected chi connectivity index (χ2v) is 8.99. The van der Waals surface area contributed by atoms with E-state index in [2.05, 4.69) is 0 Å². The Hall–Kier alpha value is -4.72. The van der Waals surface area contributed by atoms with Crippen LogP contribution in [-0.4, -0.2) is 39.7 Å². The number of allylic oxidation sites excluding steroid dienone is 1. The van der Waals surface area contributed by atoms with Crippen LogP contribution in [0.15, 0.2) is 59.9 Å². The van der Waals surface area contributed by atoms with Gasteiger partial charge in [0.05, 0.1) is 33.3 Å². The minimum Gasteiger partial charge on any atom is -0.493 e. The molecule has 0 radical (unpaired) electrons. The lowest BCUT2D eigenvalue weighted by molar-refractivity contribution is -0.135. The van der Waals surface area contributed by atoms with Gasteiger partial charge in [-0.1, -0.05) is 18.2 Å². The van der Waals surface area contributed by atoms with Gasteiger partial charge in [-0.05, 0) is 48.1 Å². The molecule has 0 fully saturated rings. The van der Waals surface area contributed by atoms with Crippen molar-refractivity contribution in [1.29, 1.82) is 0 Å². The van der Waals surface area contributed by atoms with Crippen LogP contribution in [0.4, 0.5) is 0 Å². The Kier molecular flexibility index (Phi) is 5.79. The predicted molar refractivity (Wildman–Crippen MR) is 138 cm³/mol. The number of ketones is 1. The molecular formula is C30H24O8. The van der Waals surface area contributed by atoms with Crippen LogP contribution in [0.2, 0.25) is 0 Å². The molecule has 1 unspecified atom stereocenters. The molecule has 8 nitrogen and oxygen atoms in total. The summed E-state index contributed by atoms with van der Waals surface area (Å²) in [4.78, 5) is 26.0. The lowest BCUT2D eigenvalue weighted by atomic mass is 9.83. The molecule has 192 valence electrons. The fraction of sp³-hybridized carbons (Fsp3) is 0.200. The molecule has 0 N–H and O–H groups in total. The molecule has 0 saturated heterocycles. The molecule has 38 heavy (non-hydrogen) atoms. The van der Waals surface area contributed by atoms with Crippen LogP contribution in [0, 0.1) is 0 Å². The van der Waals surface area contributed by atoms with E-state index in [0.29, 0.717) is 52.0 Å². The third-order valence-electron chi connectivity index (χ3n) is 6.90. The number of para-hydroxylation sites is 1. The number of ether oxygens (including phenoxy) is 6. The molecule has 3 aromatic carbocycles. The smallest absolute Gasteiger partial charge is 0.312 e. The van der Waals surface area contributed by atoms with Gasteiger partial charge >= 0.3 is 5.97 Å². The molecule has 0 amide bonds. The molecule has 0 spiro atoms. The van der Waals surface area contributed by atoms with E-state index in [4.69, 9.17) is 28.4 Å². The first-order valence-electron chi connectivity index (χ1n) is 12.1. The number of benzene rings is 3. The molecule has 0 aromatic heterocycles. The molecule has 6 rings (SSSR count). The summed E-state index contributed by atoms with van der Waals surface area (Å²) in [5.74, 6) is 1.98. The fourth-order valence-corrected chi connectivity index (χ4v) is 5.14. The fourth-order valence-electron chi connectivity index (χ4n) is 5.14. The zero-order valence-electron chi connectivity index (χ0n) is 21.0. The van der Waals surface area contributed by atoms with Crippen LogP contribution in [0.5, 0.6) is 34.5 Å². The van der Waals surface area contributed by atoms with Crippen molar-refractivity contribution in [2.24, 2.45) is 0 Å². The summed E-state index contributed by atoms with van der Waals surface area (Å²) in [5.41, 5.74) is 3.48. The first-order chi connectivity index (χ1) is 18.5. The molecule has 0 aliphatic carbocycles. The van der Waals surface area contributed by atoms with Crippen LogP contribution in [0.25, 0.3) is 12.2 Å². The highest BCUT2D eigenvalue weighted by molar-refractivity contribution is 6.15. The Morgan fingerprint density at radius 2 is 1.68 bits per heavy atom. The molecule has 3 heterocycles. The number of esters is 1. The SMILES string of the molecule is COc1ccc(C=C2Oc3c(ccc4c3C(C3=Cc5ccccc5OC3)CC(=O)O4)C2=O)c(OC)c1OC. The number of carbonyl (C=O) groups excluding carboxylic acids is 2. The normalized spacial score (nSPS) is 18.3. The summed E-state index contributed by atoms with van der Waals surface area (Å²) in [6.07, 6.45) is 3.76. The number of fused-ring (bicyclic) bond motifs is 4. The van der Waals surface area contributed by atoms with Crippen molar-refractivity contribution in [2.75, 3.05) is 27.9 Å². The number of Topliss-reactive ketones (excluding diaryl/α,β-unsaturated/α-hetero) is 1. The van der Waals surface area contributed by atoms with Crippen LogP contribution in [0.3, 0.4) is 0 Å². The van der Waals surface area contributed by atoms with Crippen LogP contribution < -0.4 is 28.4 Å². The summed E-state index contributed by atoms with van der Waals surface area (Å²) >= 11 is 0. The molecular weight excluding hydrogens is 488 g/mol. The van der Waals surface area contributed by atoms with Gasteiger partial charge in [0.2, 0.25) is 11.5 Å². The molecule has 3 aromatic rings. The zero-order chi connectivity index (χ0) is 26.4. The van der Waals surface area contributed by atoms with Gasteiger partial charge in [0.25, 0.3) is 0 Å². The molecule has 1 atom stereocenters. The maximum Gasteiger partial charge on any atom is 0.312 e. The number of rotatable bonds is 5. The standard InChI is InChI=1S/C30H24O8/c1-33-23-10-8-17(28(34-2)30(23)35-3)13-24-27(32)19-9-11-22-26(29(19)38-24)20(14-25(31)37-22)18-12-16-6-4-5-7-21(16)36-15-18/h4-13,20H,14-15H2,1-3H3. The van der Waals surface area contributed by atoms with Crippen LogP contribution in [-0.2, 0) is 4.79 Å². The monoisotopic (exact) mass is 512 g/mol. The summed E-state index contributed by atoms with van der Waals surface area (Å²) in [5, 5.41) is 0. The van der Waals surface area contributed by atoms with Crippen molar-refractivity contribution in [3.8, 4) is 34.5 Å². The lowest BCUT2D eigenvalue weighted by Crippen LogP contribution is -2.24. The van der Waals surface area contributed by atoms with Crippen molar-refractivity contribution in [2.45, 2.75) is 12.3 Å². The Labute approximate surface area is 219 Å². The van der Waals surface area contributed by atoms with E-state index in [1.807, 2.05) is 30.3 Å². The molecule has 8 heteroatoms. The number of carbonyl (C=O) groups is 2. The van der Waals surface area contributed by atoms with Gasteiger partial charge in [-0.2, -0.15) is 0 Å². The molecule has 0 bridgehead atoms. The van der Waals surface area contributed by atoms with Crippen molar-refractivity contribution in [1.82, 2.24) is 0 Å². The van der Waals surface area contributed by atoms with Crippen LogP contribution in [0.1, 0.15) is 39.4 Å². The first-order valence-corrected chi connectivity index (χ1v) is 12.1. The van der Waals surface area contributed by atoms with Gasteiger partial charge in [-0.15, -0.1) is 0 Å². The second-order valence-electron chi connectivity index (χ2n) is 8.99. The summed E-state index contributed by atoms with van der Waals surface area (Å²) in [6, 6.07) is 14.5. The van der Waals surface area contributed by atoms with Gasteiger partial charge in [0.15, 0.2) is 17.3 Å². The minimum atomic E-state index is -0.364. The highest BCUT2D eigenvalue weighted by atomic mass is 16.5. The van der Waals surface area contributed by atoms with E-state index >= 15 is 0 Å². The average Bonchev–Trinajstić information content (AvgIpc) is 3.26. The van der Waals surface area contributed by atoms with Gasteiger partial charge in [-0.25, -0.2) is 0 Å². The number of hydrogen-bond acceptors (Lipinski definition) is 8. The largest absolute Gasteiger partial charge is 0.493 e. The van der Waals surface area contributed by atoms with E-state index in [1.165, 1.54) is 21.3 Å². The average molecular weight is 513 g/mol. The van der Waals surface area contributed by atoms with Gasteiger partial charge in [0.1, 0.15) is 23.9 Å². The second kappa shape index (κ2) is 9.30. The van der Waals surface area contributed by atoms with Gasteiger partial charge in [0, 0.05) is 22.6 Å². The molecule has 0 saturated carbocycles. The maximum absolute atomic E-state index is 13.4. The molecule has 3 aliphatic heterocycles. The lowest BCUT2D eigenvalue weighted by Gasteiger charge is -2.30. The van der Waals surface area contributed by atoms with E-state index in [0.717, 1.165) is 16.9 Å². The summed E-state index contributed by atoms with van der Waals surface area (Å²) in [7, 11) is 4.56. The topological polar surface area (TPSA) is 89.5 Å². The van der Waals surface area contributed by atoms with E-state index in [1.54, 1.807) is 30.3 Å². The van der Waals surface area contributed by atoms with Crippen molar-refractivity contribution in [3.05, 3.63) is 82.1 Å². The van der Waals surface area contributed by atoms with E-state index in [9.17, 15) is 9.59 Å². The van der Waals surface area contributed by atoms with Crippen molar-refractivity contribution >= 4 is 23.9 Å². The van der Waals surface area contributed by atoms with Crippen molar-refractivity contribution < 1.29 is 38.0 Å². The highest BCUT2D eigenvalue weighted by Crippen LogP contribution is 2.50. The van der Waals surface area contributed by atoms with Crippen molar-refractivity contribution in [3.63, 3.8) is 0 Å². The first kappa shape index (κ1) is 23.7. The molecule has 3 aliphatic rings. The predicted octanol–water partition coefficient (Wildman–Crippen LogP) is 5.20. The summed E-state index contributed by atoms with van der Waals surface area (Å²) < 4.78 is 34.1. The van der Waals surface area contributed by atoms with Gasteiger partial charge in [-0.3, -0.25) is 9.59 Å². The quantitative estimate of drug-likeness (QED) is 0.262. The zero-order valence-corrected chi connectivity index (χ0v) is 21.0. The Balaban J connectivity index is 1.43. The van der Waals surface area contributed by atoms with Gasteiger partial charge < -0.3 is 28.4 Å².